The number of ether oxygens (including phenoxy) is 1. The van der Waals surface area contributed by atoms with E-state index in [1.54, 1.807) is 0 Å². The molecular formula is C12H23O2. The average molecular weight is 199 g/mol. The van der Waals surface area contributed by atoms with Crippen LogP contribution in [0.1, 0.15) is 51.4 Å². The SMILES string of the molecule is C=COCCCCCCCCCC[O]. The normalized spacial score (nSPS) is 10.1. The summed E-state index contributed by atoms with van der Waals surface area (Å²) in [6.07, 6.45) is 10.9. The average Bonchev–Trinajstić information content (AvgIpc) is 2.21. The highest BCUT2D eigenvalue weighted by molar-refractivity contribution is 4.50. The van der Waals surface area contributed by atoms with Gasteiger partial charge >= 0.3 is 0 Å². The number of hydrogen-bond acceptors (Lipinski definition) is 1. The van der Waals surface area contributed by atoms with Gasteiger partial charge in [-0.1, -0.05) is 45.1 Å². The van der Waals surface area contributed by atoms with Crippen LogP contribution in [0.25, 0.3) is 0 Å². The van der Waals surface area contributed by atoms with Gasteiger partial charge in [0.2, 0.25) is 0 Å². The minimum Gasteiger partial charge on any atom is -0.502 e. The van der Waals surface area contributed by atoms with Gasteiger partial charge in [0.1, 0.15) is 0 Å². The molecule has 0 atom stereocenters. The molecular weight excluding hydrogens is 176 g/mol. The second-order valence-corrected chi connectivity index (χ2v) is 3.57. The van der Waals surface area contributed by atoms with E-state index in [0.29, 0.717) is 0 Å². The molecule has 0 saturated carbocycles. The van der Waals surface area contributed by atoms with E-state index >= 15 is 0 Å². The molecule has 0 aromatic heterocycles. The maximum atomic E-state index is 10.1. The molecule has 0 rings (SSSR count). The summed E-state index contributed by atoms with van der Waals surface area (Å²) in [5.41, 5.74) is 0. The van der Waals surface area contributed by atoms with Crippen molar-refractivity contribution in [3.63, 3.8) is 0 Å². The van der Waals surface area contributed by atoms with Crippen molar-refractivity contribution in [2.24, 2.45) is 0 Å². The molecule has 1 radical (unpaired) electrons. The summed E-state index contributed by atoms with van der Waals surface area (Å²) in [7, 11) is 0. The first-order chi connectivity index (χ1) is 6.91. The molecule has 0 aliphatic rings. The third kappa shape index (κ3) is 11.5. The van der Waals surface area contributed by atoms with Gasteiger partial charge in [-0.3, -0.25) is 0 Å². The van der Waals surface area contributed by atoms with Gasteiger partial charge in [0.15, 0.2) is 0 Å². The third-order valence-corrected chi connectivity index (χ3v) is 2.27. The van der Waals surface area contributed by atoms with Crippen LogP contribution in [0.4, 0.5) is 0 Å². The van der Waals surface area contributed by atoms with Crippen LogP contribution in [0.15, 0.2) is 12.8 Å². The van der Waals surface area contributed by atoms with Crippen LogP contribution in [-0.4, -0.2) is 13.2 Å². The minimum absolute atomic E-state index is 0.0961. The van der Waals surface area contributed by atoms with Crippen LogP contribution >= 0.6 is 0 Å². The summed E-state index contributed by atoms with van der Waals surface area (Å²) < 4.78 is 5.02. The van der Waals surface area contributed by atoms with E-state index < -0.39 is 0 Å². The van der Waals surface area contributed by atoms with Gasteiger partial charge in [-0.2, -0.15) is 0 Å². The van der Waals surface area contributed by atoms with Gasteiger partial charge in [0.25, 0.3) is 0 Å². The summed E-state index contributed by atoms with van der Waals surface area (Å²) in [5.74, 6) is 0. The molecule has 0 fully saturated rings. The molecule has 0 aromatic rings. The highest BCUT2D eigenvalue weighted by Gasteiger charge is 1.91. The van der Waals surface area contributed by atoms with Crippen molar-refractivity contribution < 1.29 is 9.84 Å². The monoisotopic (exact) mass is 199 g/mol. The second-order valence-electron chi connectivity index (χ2n) is 3.57. The minimum atomic E-state index is 0.0961. The molecule has 0 aliphatic heterocycles. The fourth-order valence-corrected chi connectivity index (χ4v) is 1.43. The zero-order valence-electron chi connectivity index (χ0n) is 9.17. The maximum Gasteiger partial charge on any atom is 0.0873 e. The Morgan fingerprint density at radius 2 is 1.36 bits per heavy atom. The van der Waals surface area contributed by atoms with Crippen molar-refractivity contribution in [1.82, 2.24) is 0 Å². The highest BCUT2D eigenvalue weighted by atomic mass is 16.5. The molecule has 0 aliphatic carbocycles. The lowest BCUT2D eigenvalue weighted by Crippen LogP contribution is -1.88. The third-order valence-electron chi connectivity index (χ3n) is 2.27. The quantitative estimate of drug-likeness (QED) is 0.368. The molecule has 0 aromatic carbocycles. The van der Waals surface area contributed by atoms with E-state index in [2.05, 4.69) is 6.58 Å². The molecule has 0 heterocycles. The summed E-state index contributed by atoms with van der Waals surface area (Å²) in [5, 5.41) is 10.1. The Hall–Kier alpha value is -0.500. The van der Waals surface area contributed by atoms with Gasteiger partial charge in [0, 0.05) is 0 Å². The van der Waals surface area contributed by atoms with Gasteiger partial charge in [-0.15, -0.1) is 0 Å². The topological polar surface area (TPSA) is 29.1 Å². The van der Waals surface area contributed by atoms with Gasteiger partial charge in [-0.25, -0.2) is 5.11 Å². The number of rotatable bonds is 11. The zero-order chi connectivity index (χ0) is 10.5. The van der Waals surface area contributed by atoms with E-state index in [9.17, 15) is 5.11 Å². The van der Waals surface area contributed by atoms with E-state index in [1.165, 1.54) is 38.4 Å². The Morgan fingerprint density at radius 1 is 0.857 bits per heavy atom. The highest BCUT2D eigenvalue weighted by Crippen LogP contribution is 2.08. The molecule has 0 saturated heterocycles. The molecule has 0 N–H and O–H groups in total. The van der Waals surface area contributed by atoms with Crippen molar-refractivity contribution in [2.75, 3.05) is 13.2 Å². The summed E-state index contributed by atoms with van der Waals surface area (Å²) >= 11 is 0. The molecule has 0 bridgehead atoms. The van der Waals surface area contributed by atoms with Crippen molar-refractivity contribution in [3.8, 4) is 0 Å². The van der Waals surface area contributed by atoms with Crippen LogP contribution in [-0.2, 0) is 9.84 Å². The first-order valence-electron chi connectivity index (χ1n) is 5.72. The second kappa shape index (κ2) is 12.5. The van der Waals surface area contributed by atoms with E-state index in [1.807, 2.05) is 0 Å². The predicted octanol–water partition coefficient (Wildman–Crippen LogP) is 3.70. The molecule has 0 spiro atoms. The van der Waals surface area contributed by atoms with E-state index in [4.69, 9.17) is 4.74 Å². The standard InChI is InChI=1S/C12H23O2/c1-2-14-12-10-8-6-4-3-5-7-9-11-13/h2H,1,3-12H2. The van der Waals surface area contributed by atoms with Crippen molar-refractivity contribution >= 4 is 0 Å². The van der Waals surface area contributed by atoms with Crippen molar-refractivity contribution in [1.29, 1.82) is 0 Å². The molecule has 83 valence electrons. The first-order valence-corrected chi connectivity index (χ1v) is 5.72. The Morgan fingerprint density at radius 3 is 1.86 bits per heavy atom. The Labute approximate surface area is 88.0 Å². The van der Waals surface area contributed by atoms with E-state index in [0.717, 1.165) is 25.9 Å². The van der Waals surface area contributed by atoms with E-state index in [-0.39, 0.29) is 6.61 Å². The largest absolute Gasteiger partial charge is 0.502 e. The van der Waals surface area contributed by atoms with Crippen LogP contribution < -0.4 is 0 Å². The fourth-order valence-electron chi connectivity index (χ4n) is 1.43. The summed E-state index contributed by atoms with van der Waals surface area (Å²) in [6, 6.07) is 0. The van der Waals surface area contributed by atoms with Crippen molar-refractivity contribution in [2.45, 2.75) is 51.4 Å². The van der Waals surface area contributed by atoms with Crippen LogP contribution in [0.2, 0.25) is 0 Å². The molecule has 0 unspecified atom stereocenters. The lowest BCUT2D eigenvalue weighted by atomic mass is 10.1. The molecule has 2 heteroatoms. The Balaban J connectivity index is 2.81. The molecule has 14 heavy (non-hydrogen) atoms. The van der Waals surface area contributed by atoms with Gasteiger partial charge in [0.05, 0.1) is 19.5 Å². The first kappa shape index (κ1) is 13.5. The molecule has 2 nitrogen and oxygen atoms in total. The Kier molecular flexibility index (Phi) is 12.1. The zero-order valence-corrected chi connectivity index (χ0v) is 9.17. The summed E-state index contributed by atoms with van der Waals surface area (Å²) in [4.78, 5) is 0. The van der Waals surface area contributed by atoms with Crippen molar-refractivity contribution in [3.05, 3.63) is 12.8 Å². The Bertz CT molecular complexity index is 113. The van der Waals surface area contributed by atoms with Crippen LogP contribution in [0.5, 0.6) is 0 Å². The maximum absolute atomic E-state index is 10.1. The lowest BCUT2D eigenvalue weighted by Gasteiger charge is -2.01. The number of hydrogen-bond donors (Lipinski definition) is 0. The smallest absolute Gasteiger partial charge is 0.0873 e. The fraction of sp³-hybridized carbons (Fsp3) is 0.833. The summed E-state index contributed by atoms with van der Waals surface area (Å²) in [6.45, 7) is 4.39. The number of unbranched alkanes of at least 4 members (excludes halogenated alkanes) is 7. The van der Waals surface area contributed by atoms with Crippen LogP contribution in [0, 0.1) is 0 Å². The predicted molar refractivity (Wildman–Crippen MR) is 58.6 cm³/mol. The molecule has 0 amide bonds. The lowest BCUT2D eigenvalue weighted by molar-refractivity contribution is 0.186. The van der Waals surface area contributed by atoms with Gasteiger partial charge < -0.3 is 4.74 Å². The van der Waals surface area contributed by atoms with Gasteiger partial charge in [-0.05, 0) is 12.8 Å². The van der Waals surface area contributed by atoms with Crippen LogP contribution in [0.3, 0.4) is 0 Å².